The van der Waals surface area contributed by atoms with Gasteiger partial charge in [-0.3, -0.25) is 0 Å². The number of rotatable bonds is 6. The lowest BCUT2D eigenvalue weighted by atomic mass is 10.2. The maximum Gasteiger partial charge on any atom is 0.175 e. The Morgan fingerprint density at radius 2 is 1.76 bits per heavy atom. The van der Waals surface area contributed by atoms with Crippen molar-refractivity contribution in [1.29, 1.82) is 0 Å². The molecular weight excluding hydrogens is 419 g/mol. The predicted molar refractivity (Wildman–Crippen MR) is 93.7 cm³/mol. The first-order valence-corrected chi connectivity index (χ1v) is 8.81. The molecule has 0 aliphatic carbocycles. The SMILES string of the molecule is CCOc1cc(CBr)cc(Br)c1OCc1ccc(Cl)cc1. The van der Waals surface area contributed by atoms with Gasteiger partial charge in [0.1, 0.15) is 6.61 Å². The Morgan fingerprint density at radius 1 is 1.05 bits per heavy atom. The minimum Gasteiger partial charge on any atom is -0.490 e. The minimum absolute atomic E-state index is 0.462. The molecule has 21 heavy (non-hydrogen) atoms. The fraction of sp³-hybridized carbons (Fsp3) is 0.250. The summed E-state index contributed by atoms with van der Waals surface area (Å²) in [6.45, 7) is 3.01. The summed E-state index contributed by atoms with van der Waals surface area (Å²) in [6.07, 6.45) is 0. The average Bonchev–Trinajstić information content (AvgIpc) is 2.48. The molecule has 0 atom stereocenters. The van der Waals surface area contributed by atoms with Crippen molar-refractivity contribution in [3.8, 4) is 11.5 Å². The van der Waals surface area contributed by atoms with Crippen LogP contribution in [-0.4, -0.2) is 6.61 Å². The molecule has 0 N–H and O–H groups in total. The van der Waals surface area contributed by atoms with E-state index in [4.69, 9.17) is 21.1 Å². The molecule has 2 rings (SSSR count). The molecule has 0 unspecified atom stereocenters. The van der Waals surface area contributed by atoms with Crippen molar-refractivity contribution < 1.29 is 9.47 Å². The summed E-state index contributed by atoms with van der Waals surface area (Å²) in [5, 5.41) is 1.49. The molecule has 0 aromatic heterocycles. The second kappa shape index (κ2) is 8.06. The first-order valence-electron chi connectivity index (χ1n) is 6.52. The maximum atomic E-state index is 5.92. The first-order chi connectivity index (χ1) is 10.1. The number of hydrogen-bond acceptors (Lipinski definition) is 2. The van der Waals surface area contributed by atoms with Crippen molar-refractivity contribution in [2.45, 2.75) is 18.9 Å². The summed E-state index contributed by atoms with van der Waals surface area (Å²) >= 11 is 12.9. The molecule has 0 heterocycles. The smallest absolute Gasteiger partial charge is 0.175 e. The summed E-state index contributed by atoms with van der Waals surface area (Å²) in [7, 11) is 0. The van der Waals surface area contributed by atoms with Crippen LogP contribution in [-0.2, 0) is 11.9 Å². The number of halogens is 3. The maximum absolute atomic E-state index is 5.92. The molecule has 2 aromatic carbocycles. The molecule has 2 aromatic rings. The van der Waals surface area contributed by atoms with Crippen LogP contribution >= 0.6 is 43.5 Å². The van der Waals surface area contributed by atoms with Gasteiger partial charge in [0, 0.05) is 10.4 Å². The van der Waals surface area contributed by atoms with Crippen LogP contribution in [0.4, 0.5) is 0 Å². The largest absolute Gasteiger partial charge is 0.490 e. The van der Waals surface area contributed by atoms with E-state index in [9.17, 15) is 0 Å². The monoisotopic (exact) mass is 432 g/mol. The fourth-order valence-corrected chi connectivity index (χ4v) is 2.89. The molecule has 0 bridgehead atoms. The van der Waals surface area contributed by atoms with E-state index in [1.807, 2.05) is 43.3 Å². The van der Waals surface area contributed by atoms with Gasteiger partial charge in [0.15, 0.2) is 11.5 Å². The lowest BCUT2D eigenvalue weighted by Gasteiger charge is -2.15. The topological polar surface area (TPSA) is 18.5 Å². The molecule has 2 nitrogen and oxygen atoms in total. The van der Waals surface area contributed by atoms with Crippen LogP contribution in [0, 0.1) is 0 Å². The Bertz CT molecular complexity index is 600. The lowest BCUT2D eigenvalue weighted by Crippen LogP contribution is -2.01. The molecule has 5 heteroatoms. The van der Waals surface area contributed by atoms with Crippen LogP contribution in [0.1, 0.15) is 18.1 Å². The molecule has 0 amide bonds. The van der Waals surface area contributed by atoms with Gasteiger partial charge in [-0.05, 0) is 58.2 Å². The van der Waals surface area contributed by atoms with E-state index in [0.29, 0.717) is 13.2 Å². The number of benzene rings is 2. The first kappa shape index (κ1) is 16.7. The van der Waals surface area contributed by atoms with Crippen molar-refractivity contribution in [2.75, 3.05) is 6.61 Å². The van der Waals surface area contributed by atoms with Gasteiger partial charge in [-0.1, -0.05) is 39.7 Å². The Balaban J connectivity index is 2.19. The molecule has 0 spiro atoms. The Hall–Kier alpha value is -0.710. The van der Waals surface area contributed by atoms with Gasteiger partial charge in [-0.15, -0.1) is 0 Å². The molecule has 0 aliphatic heterocycles. The lowest BCUT2D eigenvalue weighted by molar-refractivity contribution is 0.267. The van der Waals surface area contributed by atoms with Crippen LogP contribution in [0.25, 0.3) is 0 Å². The zero-order chi connectivity index (χ0) is 15.2. The molecule has 0 saturated carbocycles. The van der Waals surface area contributed by atoms with E-state index in [1.54, 1.807) is 0 Å². The average molecular weight is 435 g/mol. The Labute approximate surface area is 146 Å². The standard InChI is InChI=1S/C16H15Br2ClO2/c1-2-20-15-8-12(9-17)7-14(18)16(15)21-10-11-3-5-13(19)6-4-11/h3-8H,2,9-10H2,1H3. The third-order valence-corrected chi connectivity index (χ3v) is 4.31. The molecule has 0 radical (unpaired) electrons. The van der Waals surface area contributed by atoms with E-state index < -0.39 is 0 Å². The van der Waals surface area contributed by atoms with Crippen LogP contribution in [0.2, 0.25) is 5.02 Å². The second-order valence-electron chi connectivity index (χ2n) is 4.39. The molecule has 0 saturated heterocycles. The van der Waals surface area contributed by atoms with Gasteiger partial charge in [-0.25, -0.2) is 0 Å². The second-order valence-corrected chi connectivity index (χ2v) is 6.24. The van der Waals surface area contributed by atoms with Crippen LogP contribution in [0.5, 0.6) is 11.5 Å². The van der Waals surface area contributed by atoms with Gasteiger partial charge in [0.2, 0.25) is 0 Å². The van der Waals surface area contributed by atoms with E-state index >= 15 is 0 Å². The minimum atomic E-state index is 0.462. The Morgan fingerprint density at radius 3 is 2.38 bits per heavy atom. The fourth-order valence-electron chi connectivity index (χ4n) is 1.84. The normalized spacial score (nSPS) is 10.5. The van der Waals surface area contributed by atoms with Crippen molar-refractivity contribution in [1.82, 2.24) is 0 Å². The molecule has 112 valence electrons. The van der Waals surface area contributed by atoms with Gasteiger partial charge in [0.25, 0.3) is 0 Å². The van der Waals surface area contributed by atoms with E-state index in [-0.39, 0.29) is 0 Å². The summed E-state index contributed by atoms with van der Waals surface area (Å²) in [5.74, 6) is 1.46. The molecule has 0 fully saturated rings. The number of hydrogen-bond donors (Lipinski definition) is 0. The molecule has 0 aliphatic rings. The van der Waals surface area contributed by atoms with Gasteiger partial charge in [-0.2, -0.15) is 0 Å². The van der Waals surface area contributed by atoms with E-state index in [2.05, 4.69) is 31.9 Å². The van der Waals surface area contributed by atoms with Crippen LogP contribution < -0.4 is 9.47 Å². The predicted octanol–water partition coefficient (Wildman–Crippen LogP) is 5.98. The summed E-state index contributed by atoms with van der Waals surface area (Å²) in [6, 6.07) is 11.6. The number of ether oxygens (including phenoxy) is 2. The number of alkyl halides is 1. The highest BCUT2D eigenvalue weighted by molar-refractivity contribution is 9.10. The third-order valence-electron chi connectivity index (χ3n) is 2.82. The van der Waals surface area contributed by atoms with Crippen molar-refractivity contribution >= 4 is 43.5 Å². The highest BCUT2D eigenvalue weighted by atomic mass is 79.9. The van der Waals surface area contributed by atoms with Gasteiger partial charge in [0.05, 0.1) is 11.1 Å². The summed E-state index contributed by atoms with van der Waals surface area (Å²) in [4.78, 5) is 0. The Kier molecular flexibility index (Phi) is 6.40. The summed E-state index contributed by atoms with van der Waals surface area (Å²) < 4.78 is 12.5. The van der Waals surface area contributed by atoms with E-state index in [1.165, 1.54) is 0 Å². The summed E-state index contributed by atoms with van der Waals surface area (Å²) in [5.41, 5.74) is 2.18. The highest BCUT2D eigenvalue weighted by Gasteiger charge is 2.12. The van der Waals surface area contributed by atoms with Crippen molar-refractivity contribution in [2.24, 2.45) is 0 Å². The molecular formula is C16H15Br2ClO2. The third kappa shape index (κ3) is 4.63. The van der Waals surface area contributed by atoms with Crippen molar-refractivity contribution in [3.05, 3.63) is 57.0 Å². The zero-order valence-electron chi connectivity index (χ0n) is 11.5. The van der Waals surface area contributed by atoms with E-state index in [0.717, 1.165) is 37.5 Å². The van der Waals surface area contributed by atoms with Crippen molar-refractivity contribution in [3.63, 3.8) is 0 Å². The van der Waals surface area contributed by atoms with Gasteiger partial charge < -0.3 is 9.47 Å². The quantitative estimate of drug-likeness (QED) is 0.521. The zero-order valence-corrected chi connectivity index (χ0v) is 15.5. The highest BCUT2D eigenvalue weighted by Crippen LogP contribution is 2.38. The van der Waals surface area contributed by atoms with Crippen LogP contribution in [0.3, 0.4) is 0 Å². The van der Waals surface area contributed by atoms with Crippen LogP contribution in [0.15, 0.2) is 40.9 Å². The van der Waals surface area contributed by atoms with Gasteiger partial charge >= 0.3 is 0 Å².